The third kappa shape index (κ3) is 7.11. The molecule has 36 heavy (non-hydrogen) atoms. The number of methoxy groups -OCH3 is 1. The van der Waals surface area contributed by atoms with E-state index in [0.29, 0.717) is 11.5 Å². The summed E-state index contributed by atoms with van der Waals surface area (Å²) in [7, 11) is 4.58. The summed E-state index contributed by atoms with van der Waals surface area (Å²) in [5, 5.41) is 7.68. The van der Waals surface area contributed by atoms with Gasteiger partial charge in [-0.3, -0.25) is 20.0 Å². The average molecular weight is 514 g/mol. The molecule has 11 heteroatoms. The van der Waals surface area contributed by atoms with Crippen molar-refractivity contribution in [2.75, 3.05) is 21.2 Å². The molecule has 0 radical (unpaired) electrons. The third-order valence-corrected chi connectivity index (χ3v) is 5.78. The highest BCUT2D eigenvalue weighted by Gasteiger charge is 2.21. The van der Waals surface area contributed by atoms with Crippen LogP contribution in [0.2, 0.25) is 0 Å². The topological polar surface area (TPSA) is 122 Å². The Morgan fingerprint density at radius 3 is 2.64 bits per heavy atom. The van der Waals surface area contributed by atoms with Gasteiger partial charge in [0.25, 0.3) is 12.3 Å². The molecule has 188 valence electrons. The molecule has 1 aliphatic carbocycles. The minimum atomic E-state index is -2.85. The number of carbonyl (C=O) groups is 2. The number of ether oxygens (including phenoxy) is 1. The maximum Gasteiger partial charge on any atom is 0.280 e. The summed E-state index contributed by atoms with van der Waals surface area (Å²) in [6.07, 6.45) is 0.354. The number of likely N-dealkylation sites (N-methyl/N-ethyl adjacent to an activating group) is 1. The summed E-state index contributed by atoms with van der Waals surface area (Å²) in [6, 6.07) is 5.74. The number of nitrogens with one attached hydrogen (secondary N) is 1. The number of benzene rings is 1. The van der Waals surface area contributed by atoms with E-state index in [1.165, 1.54) is 18.1 Å². The van der Waals surface area contributed by atoms with Crippen LogP contribution in [-0.2, 0) is 11.2 Å². The Hall–Kier alpha value is -3.78. The van der Waals surface area contributed by atoms with Gasteiger partial charge in [-0.1, -0.05) is 12.0 Å². The van der Waals surface area contributed by atoms with Gasteiger partial charge in [-0.2, -0.15) is 4.99 Å². The van der Waals surface area contributed by atoms with Gasteiger partial charge in [0, 0.05) is 31.1 Å². The minimum absolute atomic E-state index is 0.0294. The molecule has 0 spiro atoms. The molecule has 1 aromatic carbocycles. The number of carbonyl (C=O) groups excluding carboxylic acids is 2. The van der Waals surface area contributed by atoms with Gasteiger partial charge in [0.2, 0.25) is 5.91 Å². The van der Waals surface area contributed by atoms with Gasteiger partial charge in [0.1, 0.15) is 16.5 Å². The summed E-state index contributed by atoms with van der Waals surface area (Å²) in [5.74, 6) is 5.15. The maximum atomic E-state index is 13.4. The van der Waals surface area contributed by atoms with Gasteiger partial charge in [0.15, 0.2) is 5.17 Å². The molecule has 3 N–H and O–H groups in total. The van der Waals surface area contributed by atoms with Crippen molar-refractivity contribution < 1.29 is 23.1 Å². The van der Waals surface area contributed by atoms with Crippen LogP contribution in [0.4, 0.5) is 8.78 Å². The van der Waals surface area contributed by atoms with Crippen LogP contribution in [0, 0.1) is 23.2 Å². The second kappa shape index (κ2) is 11.8. The number of aromatic nitrogens is 1. The number of thioether (sulfide) groups is 1. The van der Waals surface area contributed by atoms with E-state index < -0.39 is 18.0 Å². The van der Waals surface area contributed by atoms with E-state index in [-0.39, 0.29) is 45.0 Å². The highest BCUT2D eigenvalue weighted by atomic mass is 32.2. The largest absolute Gasteiger partial charge is 0.494 e. The lowest BCUT2D eigenvalue weighted by molar-refractivity contribution is -0.127. The fourth-order valence-corrected chi connectivity index (χ4v) is 3.55. The van der Waals surface area contributed by atoms with Crippen LogP contribution in [0.15, 0.2) is 35.5 Å². The summed E-state index contributed by atoms with van der Waals surface area (Å²) < 4.78 is 32.1. The van der Waals surface area contributed by atoms with Crippen LogP contribution in [0.5, 0.6) is 5.75 Å². The lowest BCUT2D eigenvalue weighted by Crippen LogP contribution is -2.23. The van der Waals surface area contributed by atoms with E-state index in [4.69, 9.17) is 15.9 Å². The van der Waals surface area contributed by atoms with Gasteiger partial charge in [0.05, 0.1) is 19.7 Å². The van der Waals surface area contributed by atoms with Crippen molar-refractivity contribution in [2.24, 2.45) is 16.6 Å². The summed E-state index contributed by atoms with van der Waals surface area (Å²) in [4.78, 5) is 34.4. The molecule has 1 saturated carbocycles. The fourth-order valence-electron chi connectivity index (χ4n) is 3.10. The Morgan fingerprint density at radius 1 is 1.31 bits per heavy atom. The molecule has 1 aromatic heterocycles. The summed E-state index contributed by atoms with van der Waals surface area (Å²) in [5.41, 5.74) is 6.41. The van der Waals surface area contributed by atoms with E-state index in [1.807, 2.05) is 0 Å². The SMILES string of the molecule is COc1cnc(C(F)F)cc1-c1cc(CC(=O)N(C)C)ccc1C(=O)N=C(N)SC(=N)C#CC1CC1. The fraction of sp³-hybridized carbons (Fsp3) is 0.320. The molecule has 3 rings (SSSR count). The standard InChI is InChI=1S/C25H25F2N5O3S/c1-32(2)22(33)11-15-6-8-16(24(34)31-25(29)36-21(28)9-7-14-4-5-14)17(10-15)18-12-19(23(26)27)30-13-20(18)35-3/h6,8,10,12-14,23,28H,4-5,11H2,1-3H3,(H2,29,31,34). The smallest absolute Gasteiger partial charge is 0.280 e. The van der Waals surface area contributed by atoms with Gasteiger partial charge < -0.3 is 15.4 Å². The number of nitrogens with zero attached hydrogens (tertiary/aromatic N) is 3. The number of hydrogen-bond acceptors (Lipinski definition) is 6. The molecule has 2 aromatic rings. The highest BCUT2D eigenvalue weighted by molar-refractivity contribution is 8.26. The number of rotatable bonds is 6. The molecule has 1 aliphatic rings. The zero-order chi connectivity index (χ0) is 26.4. The Bertz CT molecular complexity index is 1280. The first-order valence-corrected chi connectivity index (χ1v) is 11.7. The number of halogens is 2. The van der Waals surface area contributed by atoms with E-state index in [2.05, 4.69) is 21.8 Å². The lowest BCUT2D eigenvalue weighted by atomic mass is 9.95. The third-order valence-electron chi connectivity index (χ3n) is 5.18. The van der Waals surface area contributed by atoms with E-state index in [9.17, 15) is 18.4 Å². The highest BCUT2D eigenvalue weighted by Crippen LogP contribution is 2.35. The van der Waals surface area contributed by atoms with Gasteiger partial charge in [-0.05, 0) is 59.8 Å². The number of alkyl halides is 2. The number of aliphatic imine (C=N–C) groups is 1. The number of amides is 2. The molecule has 0 saturated heterocycles. The first-order chi connectivity index (χ1) is 17.1. The lowest BCUT2D eigenvalue weighted by Gasteiger charge is -2.15. The van der Waals surface area contributed by atoms with Crippen molar-refractivity contribution in [1.29, 1.82) is 5.41 Å². The second-order valence-electron chi connectivity index (χ2n) is 8.19. The zero-order valence-electron chi connectivity index (χ0n) is 20.0. The molecule has 0 bridgehead atoms. The van der Waals surface area contributed by atoms with Crippen molar-refractivity contribution in [2.45, 2.75) is 25.7 Å². The number of pyridine rings is 1. The normalized spacial score (nSPS) is 13.1. The van der Waals surface area contributed by atoms with Crippen molar-refractivity contribution in [1.82, 2.24) is 9.88 Å². The molecule has 1 heterocycles. The van der Waals surface area contributed by atoms with Crippen molar-refractivity contribution in [3.8, 4) is 28.7 Å². The van der Waals surface area contributed by atoms with E-state index in [1.54, 1.807) is 26.2 Å². The molecule has 1 fully saturated rings. The van der Waals surface area contributed by atoms with Crippen molar-refractivity contribution >= 4 is 33.8 Å². The van der Waals surface area contributed by atoms with Crippen LogP contribution >= 0.6 is 11.8 Å². The number of nitrogens with two attached hydrogens (primary N) is 1. The van der Waals surface area contributed by atoms with Crippen LogP contribution in [-0.4, -0.2) is 53.1 Å². The Labute approximate surface area is 211 Å². The number of hydrogen-bond donors (Lipinski definition) is 2. The molecule has 0 unspecified atom stereocenters. The van der Waals surface area contributed by atoms with Gasteiger partial charge in [-0.25, -0.2) is 8.78 Å². The first-order valence-electron chi connectivity index (χ1n) is 10.9. The van der Waals surface area contributed by atoms with Crippen LogP contribution < -0.4 is 10.5 Å². The van der Waals surface area contributed by atoms with E-state index >= 15 is 0 Å². The Kier molecular flexibility index (Phi) is 8.77. The summed E-state index contributed by atoms with van der Waals surface area (Å²) in [6.45, 7) is 0. The summed E-state index contributed by atoms with van der Waals surface area (Å²) >= 11 is 0.755. The average Bonchev–Trinajstić information content (AvgIpc) is 3.66. The molecule has 2 amide bonds. The van der Waals surface area contributed by atoms with Crippen molar-refractivity contribution in [3.63, 3.8) is 0 Å². The number of amidine groups is 1. The molecule has 0 aliphatic heterocycles. The minimum Gasteiger partial charge on any atom is -0.494 e. The predicted octanol–water partition coefficient (Wildman–Crippen LogP) is 3.90. The van der Waals surface area contributed by atoms with Gasteiger partial charge >= 0.3 is 0 Å². The zero-order valence-corrected chi connectivity index (χ0v) is 20.8. The Balaban J connectivity index is 2.02. The second-order valence-corrected chi connectivity index (χ2v) is 9.22. The quantitative estimate of drug-likeness (QED) is 0.343. The monoisotopic (exact) mass is 513 g/mol. The van der Waals surface area contributed by atoms with Crippen molar-refractivity contribution in [3.05, 3.63) is 47.3 Å². The molecule has 8 nitrogen and oxygen atoms in total. The Morgan fingerprint density at radius 2 is 2.03 bits per heavy atom. The van der Waals surface area contributed by atoms with Crippen LogP contribution in [0.25, 0.3) is 11.1 Å². The van der Waals surface area contributed by atoms with Gasteiger partial charge in [-0.15, -0.1) is 0 Å². The molecule has 0 atom stereocenters. The first kappa shape index (κ1) is 26.8. The predicted molar refractivity (Wildman–Crippen MR) is 135 cm³/mol. The molecular formula is C25H25F2N5O3S. The molecular weight excluding hydrogens is 488 g/mol. The van der Waals surface area contributed by atoms with E-state index in [0.717, 1.165) is 36.9 Å². The van der Waals surface area contributed by atoms with Crippen LogP contribution in [0.1, 0.15) is 40.9 Å². The maximum absolute atomic E-state index is 13.4. The van der Waals surface area contributed by atoms with Crippen LogP contribution in [0.3, 0.4) is 0 Å².